The molecule has 1 aliphatic rings. The number of carbonyl (C=O) groups excluding carboxylic acids is 1. The van der Waals surface area contributed by atoms with Crippen molar-refractivity contribution in [3.05, 3.63) is 34.1 Å². The number of nitrogens with zero attached hydrogens (tertiary/aromatic N) is 1. The highest BCUT2D eigenvalue weighted by Crippen LogP contribution is 2.27. The minimum atomic E-state index is -0.456. The van der Waals surface area contributed by atoms with Gasteiger partial charge in [0.2, 0.25) is 0 Å². The zero-order chi connectivity index (χ0) is 13.1. The van der Waals surface area contributed by atoms with Crippen LogP contribution in [0.1, 0.15) is 29.6 Å². The maximum Gasteiger partial charge on any atom is 0.257 e. The fourth-order valence-corrected chi connectivity index (χ4v) is 2.80. The molecule has 1 aliphatic carbocycles. The Morgan fingerprint density at radius 3 is 2.72 bits per heavy atom. The lowest BCUT2D eigenvalue weighted by Crippen LogP contribution is -2.45. The van der Waals surface area contributed by atoms with Crippen molar-refractivity contribution in [2.75, 3.05) is 11.9 Å². The van der Waals surface area contributed by atoms with E-state index in [0.29, 0.717) is 11.9 Å². The Kier molecular flexibility index (Phi) is 4.78. The van der Waals surface area contributed by atoms with E-state index in [1.54, 1.807) is 17.0 Å². The number of hydrogen-bond donors (Lipinski definition) is 0. The second kappa shape index (κ2) is 6.15. The summed E-state index contributed by atoms with van der Waals surface area (Å²) >= 11 is 6.62. The molecule has 2 nitrogen and oxygen atoms in total. The molecule has 0 saturated heterocycles. The van der Waals surface area contributed by atoms with Gasteiger partial charge in [-0.1, -0.05) is 31.9 Å². The summed E-state index contributed by atoms with van der Waals surface area (Å²) in [6.07, 6.45) is 3.19. The third kappa shape index (κ3) is 2.94. The highest BCUT2D eigenvalue weighted by molar-refractivity contribution is 9.10. The standard InChI is InChI=1S/C13H14Br2FNO/c14-6-7-17(10-2-1-3-10)13(18)11-8-9(15)4-5-12(11)16/h4-5,8,10H,1-3,6-7H2. The Labute approximate surface area is 123 Å². The van der Waals surface area contributed by atoms with Crippen LogP contribution in [0.4, 0.5) is 4.39 Å². The number of hydrogen-bond acceptors (Lipinski definition) is 1. The average Bonchev–Trinajstić information content (AvgIpc) is 2.28. The first-order valence-electron chi connectivity index (χ1n) is 5.95. The van der Waals surface area contributed by atoms with E-state index < -0.39 is 5.82 Å². The zero-order valence-electron chi connectivity index (χ0n) is 9.83. The second-order valence-electron chi connectivity index (χ2n) is 4.40. The molecule has 1 fully saturated rings. The van der Waals surface area contributed by atoms with E-state index in [0.717, 1.165) is 23.7 Å². The second-order valence-corrected chi connectivity index (χ2v) is 6.11. The lowest BCUT2D eigenvalue weighted by Gasteiger charge is -2.37. The van der Waals surface area contributed by atoms with Gasteiger partial charge >= 0.3 is 0 Å². The van der Waals surface area contributed by atoms with E-state index in [1.165, 1.54) is 6.07 Å². The van der Waals surface area contributed by atoms with Crippen molar-refractivity contribution in [2.24, 2.45) is 0 Å². The van der Waals surface area contributed by atoms with Gasteiger partial charge in [-0.05, 0) is 37.5 Å². The normalized spacial score (nSPS) is 15.3. The van der Waals surface area contributed by atoms with Crippen LogP contribution in [0.25, 0.3) is 0 Å². The summed E-state index contributed by atoms with van der Waals surface area (Å²) in [4.78, 5) is 14.2. The van der Waals surface area contributed by atoms with E-state index in [1.807, 2.05) is 0 Å². The van der Waals surface area contributed by atoms with Gasteiger partial charge in [-0.25, -0.2) is 4.39 Å². The molecule has 1 saturated carbocycles. The third-order valence-electron chi connectivity index (χ3n) is 3.26. The van der Waals surface area contributed by atoms with E-state index >= 15 is 0 Å². The van der Waals surface area contributed by atoms with Crippen molar-refractivity contribution in [1.29, 1.82) is 0 Å². The largest absolute Gasteiger partial charge is 0.335 e. The van der Waals surface area contributed by atoms with Crippen LogP contribution in [-0.4, -0.2) is 28.7 Å². The lowest BCUT2D eigenvalue weighted by molar-refractivity contribution is 0.0595. The number of halogens is 3. The quantitative estimate of drug-likeness (QED) is 0.725. The summed E-state index contributed by atoms with van der Waals surface area (Å²) in [5.41, 5.74) is 0.150. The molecule has 0 atom stereocenters. The van der Waals surface area contributed by atoms with Crippen LogP contribution in [0.3, 0.4) is 0 Å². The van der Waals surface area contributed by atoms with Gasteiger partial charge in [-0.15, -0.1) is 0 Å². The molecule has 0 spiro atoms. The molecule has 98 valence electrons. The summed E-state index contributed by atoms with van der Waals surface area (Å²) < 4.78 is 14.4. The minimum absolute atomic E-state index is 0.150. The molecule has 0 aliphatic heterocycles. The van der Waals surface area contributed by atoms with Crippen molar-refractivity contribution in [3.63, 3.8) is 0 Å². The summed E-state index contributed by atoms with van der Waals surface area (Å²) in [6, 6.07) is 4.75. The summed E-state index contributed by atoms with van der Waals surface area (Å²) in [5, 5.41) is 0.713. The SMILES string of the molecule is O=C(c1cc(Br)ccc1F)N(CCBr)C1CCC1. The number of alkyl halides is 1. The molecule has 0 radical (unpaired) electrons. The summed E-state index contributed by atoms with van der Waals surface area (Å²) in [6.45, 7) is 0.620. The first-order valence-corrected chi connectivity index (χ1v) is 7.87. The minimum Gasteiger partial charge on any atom is -0.335 e. The van der Waals surface area contributed by atoms with Gasteiger partial charge in [0.15, 0.2) is 0 Å². The van der Waals surface area contributed by atoms with Gasteiger partial charge in [-0.2, -0.15) is 0 Å². The van der Waals surface area contributed by atoms with Gasteiger partial charge < -0.3 is 4.90 Å². The number of rotatable bonds is 4. The fraction of sp³-hybridized carbons (Fsp3) is 0.462. The zero-order valence-corrected chi connectivity index (χ0v) is 13.0. The van der Waals surface area contributed by atoms with Crippen LogP contribution >= 0.6 is 31.9 Å². The molecule has 1 aromatic carbocycles. The number of carbonyl (C=O) groups is 1. The van der Waals surface area contributed by atoms with E-state index in [-0.39, 0.29) is 17.5 Å². The molecule has 5 heteroatoms. The molecule has 0 N–H and O–H groups in total. The summed E-state index contributed by atoms with van der Waals surface area (Å²) in [7, 11) is 0. The first-order chi connectivity index (χ1) is 8.63. The average molecular weight is 379 g/mol. The molecule has 1 aromatic rings. The molecule has 0 heterocycles. The maximum absolute atomic E-state index is 13.7. The molecule has 0 bridgehead atoms. The molecule has 18 heavy (non-hydrogen) atoms. The van der Waals surface area contributed by atoms with Crippen LogP contribution in [0, 0.1) is 5.82 Å². The Bertz CT molecular complexity index is 449. The van der Waals surface area contributed by atoms with Crippen molar-refractivity contribution in [1.82, 2.24) is 4.90 Å². The highest BCUT2D eigenvalue weighted by Gasteiger charge is 2.30. The fourth-order valence-electron chi connectivity index (χ4n) is 2.06. The first kappa shape index (κ1) is 14.0. The molecular formula is C13H14Br2FNO. The van der Waals surface area contributed by atoms with Crippen LogP contribution in [0.2, 0.25) is 0 Å². The smallest absolute Gasteiger partial charge is 0.257 e. The maximum atomic E-state index is 13.7. The molecule has 0 aromatic heterocycles. The Balaban J connectivity index is 2.23. The Morgan fingerprint density at radius 2 is 2.17 bits per heavy atom. The van der Waals surface area contributed by atoms with Crippen LogP contribution < -0.4 is 0 Å². The lowest BCUT2D eigenvalue weighted by atomic mass is 9.91. The predicted molar refractivity (Wildman–Crippen MR) is 76.6 cm³/mol. The van der Waals surface area contributed by atoms with Crippen molar-refractivity contribution < 1.29 is 9.18 Å². The third-order valence-corrected chi connectivity index (χ3v) is 4.11. The predicted octanol–water partition coefficient (Wildman–Crippen LogP) is 3.98. The topological polar surface area (TPSA) is 20.3 Å². The number of amides is 1. The Morgan fingerprint density at radius 1 is 1.44 bits per heavy atom. The monoisotopic (exact) mass is 377 g/mol. The van der Waals surface area contributed by atoms with Gasteiger partial charge in [-0.3, -0.25) is 4.79 Å². The highest BCUT2D eigenvalue weighted by atomic mass is 79.9. The molecule has 1 amide bonds. The summed E-state index contributed by atoms with van der Waals surface area (Å²) in [5.74, 6) is -0.667. The van der Waals surface area contributed by atoms with E-state index in [2.05, 4.69) is 31.9 Å². The van der Waals surface area contributed by atoms with Crippen LogP contribution in [0.15, 0.2) is 22.7 Å². The molecule has 0 unspecified atom stereocenters. The van der Waals surface area contributed by atoms with Crippen LogP contribution in [0.5, 0.6) is 0 Å². The van der Waals surface area contributed by atoms with Gasteiger partial charge in [0.05, 0.1) is 5.56 Å². The Hall–Kier alpha value is -0.420. The van der Waals surface area contributed by atoms with Crippen molar-refractivity contribution in [3.8, 4) is 0 Å². The molecule has 2 rings (SSSR count). The molecular weight excluding hydrogens is 365 g/mol. The van der Waals surface area contributed by atoms with E-state index in [9.17, 15) is 9.18 Å². The number of benzene rings is 1. The van der Waals surface area contributed by atoms with E-state index in [4.69, 9.17) is 0 Å². The van der Waals surface area contributed by atoms with Gasteiger partial charge in [0.25, 0.3) is 5.91 Å². The van der Waals surface area contributed by atoms with Gasteiger partial charge in [0, 0.05) is 22.4 Å². The van der Waals surface area contributed by atoms with Crippen molar-refractivity contribution in [2.45, 2.75) is 25.3 Å². The van der Waals surface area contributed by atoms with Crippen LogP contribution in [-0.2, 0) is 0 Å². The van der Waals surface area contributed by atoms with Crippen molar-refractivity contribution >= 4 is 37.8 Å². The van der Waals surface area contributed by atoms with Gasteiger partial charge in [0.1, 0.15) is 5.82 Å².